The number of nitrogens with zero attached hydrogens (tertiary/aromatic N) is 1. The first kappa shape index (κ1) is 12.5. The van der Waals surface area contributed by atoms with E-state index in [9.17, 15) is 0 Å². The van der Waals surface area contributed by atoms with Crippen LogP contribution in [0, 0.1) is 6.92 Å². The van der Waals surface area contributed by atoms with Gasteiger partial charge in [-0.05, 0) is 19.1 Å². The molecule has 1 aliphatic rings. The second kappa shape index (κ2) is 5.58. The van der Waals surface area contributed by atoms with Crippen LogP contribution in [0.3, 0.4) is 0 Å². The van der Waals surface area contributed by atoms with Gasteiger partial charge in [-0.25, -0.2) is 0 Å². The van der Waals surface area contributed by atoms with Crippen molar-refractivity contribution in [3.8, 4) is 0 Å². The SMILES string of the molecule is Cc1cccc(COC2(CN)CCOCC2)n1. The van der Waals surface area contributed by atoms with Crippen LogP contribution in [0.4, 0.5) is 0 Å². The maximum absolute atomic E-state index is 5.99. The number of aryl methyl sites for hydroxylation is 1. The number of hydrogen-bond donors (Lipinski definition) is 1. The van der Waals surface area contributed by atoms with Gasteiger partial charge in [0.15, 0.2) is 0 Å². The minimum Gasteiger partial charge on any atom is -0.381 e. The van der Waals surface area contributed by atoms with Gasteiger partial charge in [-0.1, -0.05) is 6.07 Å². The smallest absolute Gasteiger partial charge is 0.0896 e. The summed E-state index contributed by atoms with van der Waals surface area (Å²) < 4.78 is 11.3. The molecule has 4 heteroatoms. The monoisotopic (exact) mass is 236 g/mol. The minimum absolute atomic E-state index is 0.219. The van der Waals surface area contributed by atoms with E-state index >= 15 is 0 Å². The summed E-state index contributed by atoms with van der Waals surface area (Å²) in [4.78, 5) is 4.43. The van der Waals surface area contributed by atoms with Gasteiger partial charge >= 0.3 is 0 Å². The van der Waals surface area contributed by atoms with E-state index in [0.717, 1.165) is 37.4 Å². The normalized spacial score (nSPS) is 19.2. The van der Waals surface area contributed by atoms with Crippen LogP contribution in [0.25, 0.3) is 0 Å². The highest BCUT2D eigenvalue weighted by atomic mass is 16.5. The fourth-order valence-electron chi connectivity index (χ4n) is 2.06. The van der Waals surface area contributed by atoms with Gasteiger partial charge in [0.05, 0.1) is 17.9 Å². The molecule has 94 valence electrons. The average molecular weight is 236 g/mol. The Bertz CT molecular complexity index is 362. The summed E-state index contributed by atoms with van der Waals surface area (Å²) in [6.45, 7) is 4.52. The number of pyridine rings is 1. The Balaban J connectivity index is 1.95. The van der Waals surface area contributed by atoms with Gasteiger partial charge in [-0.2, -0.15) is 0 Å². The highest BCUT2D eigenvalue weighted by Gasteiger charge is 2.32. The molecule has 0 spiro atoms. The first-order valence-electron chi connectivity index (χ1n) is 6.08. The lowest BCUT2D eigenvalue weighted by molar-refractivity contribution is -0.113. The topological polar surface area (TPSA) is 57.4 Å². The third-order valence-corrected chi connectivity index (χ3v) is 3.25. The molecular formula is C13H20N2O2. The Labute approximate surface area is 102 Å². The molecule has 1 saturated heterocycles. The largest absolute Gasteiger partial charge is 0.381 e. The molecule has 2 rings (SSSR count). The summed E-state index contributed by atoms with van der Waals surface area (Å²) in [5.74, 6) is 0. The molecule has 2 heterocycles. The Morgan fingerprint density at radius 2 is 2.18 bits per heavy atom. The van der Waals surface area contributed by atoms with Crippen LogP contribution in [0.1, 0.15) is 24.2 Å². The van der Waals surface area contributed by atoms with Crippen LogP contribution in [-0.4, -0.2) is 30.3 Å². The number of nitrogens with two attached hydrogens (primary N) is 1. The number of aromatic nitrogens is 1. The lowest BCUT2D eigenvalue weighted by Gasteiger charge is -2.35. The number of ether oxygens (including phenoxy) is 2. The van der Waals surface area contributed by atoms with Crippen LogP contribution < -0.4 is 5.73 Å². The Hall–Kier alpha value is -0.970. The Kier molecular flexibility index (Phi) is 4.10. The zero-order chi connectivity index (χ0) is 12.1. The summed E-state index contributed by atoms with van der Waals surface area (Å²) in [6.07, 6.45) is 1.74. The van der Waals surface area contributed by atoms with Crippen molar-refractivity contribution in [2.75, 3.05) is 19.8 Å². The summed E-state index contributed by atoms with van der Waals surface area (Å²) in [6, 6.07) is 5.97. The van der Waals surface area contributed by atoms with Gasteiger partial charge in [-0.3, -0.25) is 4.98 Å². The van der Waals surface area contributed by atoms with E-state index in [2.05, 4.69) is 4.98 Å². The zero-order valence-electron chi connectivity index (χ0n) is 10.3. The molecule has 2 N–H and O–H groups in total. The van der Waals surface area contributed by atoms with Crippen molar-refractivity contribution < 1.29 is 9.47 Å². The number of hydrogen-bond acceptors (Lipinski definition) is 4. The molecule has 1 aromatic rings. The molecule has 0 aliphatic carbocycles. The van der Waals surface area contributed by atoms with Crippen LogP contribution in [0.2, 0.25) is 0 Å². The van der Waals surface area contributed by atoms with Gasteiger partial charge in [-0.15, -0.1) is 0 Å². The van der Waals surface area contributed by atoms with Crippen molar-refractivity contribution in [2.45, 2.75) is 32.0 Å². The van der Waals surface area contributed by atoms with E-state index in [1.54, 1.807) is 0 Å². The van der Waals surface area contributed by atoms with E-state index in [4.69, 9.17) is 15.2 Å². The van der Waals surface area contributed by atoms with E-state index in [1.807, 2.05) is 25.1 Å². The molecule has 4 nitrogen and oxygen atoms in total. The third kappa shape index (κ3) is 3.25. The summed E-state index contributed by atoms with van der Waals surface area (Å²) >= 11 is 0. The van der Waals surface area contributed by atoms with Crippen molar-refractivity contribution in [3.63, 3.8) is 0 Å². The fraction of sp³-hybridized carbons (Fsp3) is 0.615. The van der Waals surface area contributed by atoms with E-state index in [-0.39, 0.29) is 5.60 Å². The maximum atomic E-state index is 5.99. The Morgan fingerprint density at radius 3 is 2.82 bits per heavy atom. The zero-order valence-corrected chi connectivity index (χ0v) is 10.3. The van der Waals surface area contributed by atoms with E-state index < -0.39 is 0 Å². The molecule has 17 heavy (non-hydrogen) atoms. The van der Waals surface area contributed by atoms with Crippen molar-refractivity contribution in [1.29, 1.82) is 0 Å². The van der Waals surface area contributed by atoms with Crippen molar-refractivity contribution in [2.24, 2.45) is 5.73 Å². The molecule has 1 aliphatic heterocycles. The van der Waals surface area contributed by atoms with E-state index in [1.165, 1.54) is 0 Å². The molecule has 1 aromatic heterocycles. The van der Waals surface area contributed by atoms with Gasteiger partial charge in [0.2, 0.25) is 0 Å². The predicted molar refractivity (Wildman–Crippen MR) is 65.6 cm³/mol. The third-order valence-electron chi connectivity index (χ3n) is 3.25. The molecule has 1 fully saturated rings. The van der Waals surface area contributed by atoms with Crippen LogP contribution in [0.5, 0.6) is 0 Å². The maximum Gasteiger partial charge on any atom is 0.0896 e. The summed E-state index contributed by atoms with van der Waals surface area (Å²) in [7, 11) is 0. The van der Waals surface area contributed by atoms with Gasteiger partial charge in [0, 0.05) is 38.3 Å². The minimum atomic E-state index is -0.219. The molecule has 0 aromatic carbocycles. The molecule has 0 radical (unpaired) electrons. The summed E-state index contributed by atoms with van der Waals surface area (Å²) in [5, 5.41) is 0. The second-order valence-corrected chi connectivity index (χ2v) is 4.56. The summed E-state index contributed by atoms with van der Waals surface area (Å²) in [5.41, 5.74) is 7.59. The first-order valence-corrected chi connectivity index (χ1v) is 6.08. The van der Waals surface area contributed by atoms with Crippen molar-refractivity contribution in [1.82, 2.24) is 4.98 Å². The molecule has 0 unspecified atom stereocenters. The average Bonchev–Trinajstić information content (AvgIpc) is 2.38. The van der Waals surface area contributed by atoms with Gasteiger partial charge in [0.1, 0.15) is 0 Å². The molecule has 0 saturated carbocycles. The lowest BCUT2D eigenvalue weighted by Crippen LogP contribution is -2.45. The highest BCUT2D eigenvalue weighted by molar-refractivity contribution is 5.09. The molecule has 0 amide bonds. The number of rotatable bonds is 4. The van der Waals surface area contributed by atoms with Crippen molar-refractivity contribution >= 4 is 0 Å². The van der Waals surface area contributed by atoms with Gasteiger partial charge < -0.3 is 15.2 Å². The van der Waals surface area contributed by atoms with Gasteiger partial charge in [0.25, 0.3) is 0 Å². The first-order chi connectivity index (χ1) is 8.24. The van der Waals surface area contributed by atoms with E-state index in [0.29, 0.717) is 13.2 Å². The molecule has 0 atom stereocenters. The van der Waals surface area contributed by atoms with Crippen molar-refractivity contribution in [3.05, 3.63) is 29.6 Å². The lowest BCUT2D eigenvalue weighted by atomic mass is 9.94. The van der Waals surface area contributed by atoms with Crippen LogP contribution in [-0.2, 0) is 16.1 Å². The van der Waals surface area contributed by atoms with Crippen LogP contribution in [0.15, 0.2) is 18.2 Å². The Morgan fingerprint density at radius 1 is 1.41 bits per heavy atom. The standard InChI is InChI=1S/C13H20N2O2/c1-11-3-2-4-12(15-11)9-17-13(10-14)5-7-16-8-6-13/h2-4H,5-10,14H2,1H3. The second-order valence-electron chi connectivity index (χ2n) is 4.56. The molecular weight excluding hydrogens is 216 g/mol. The quantitative estimate of drug-likeness (QED) is 0.859. The highest BCUT2D eigenvalue weighted by Crippen LogP contribution is 2.25. The predicted octanol–water partition coefficient (Wildman–Crippen LogP) is 1.41. The fourth-order valence-corrected chi connectivity index (χ4v) is 2.06. The molecule has 0 bridgehead atoms. The van der Waals surface area contributed by atoms with Crippen LogP contribution >= 0.6 is 0 Å².